The van der Waals surface area contributed by atoms with Gasteiger partial charge in [-0.25, -0.2) is 0 Å². The van der Waals surface area contributed by atoms with E-state index in [4.69, 9.17) is 10.5 Å². The van der Waals surface area contributed by atoms with Gasteiger partial charge in [-0.05, 0) is 30.3 Å². The highest BCUT2D eigenvalue weighted by Crippen LogP contribution is 2.26. The fourth-order valence-electron chi connectivity index (χ4n) is 2.01. The van der Waals surface area contributed by atoms with Crippen LogP contribution in [-0.2, 0) is 11.3 Å². The fraction of sp³-hybridized carbons (Fsp3) is 0.176. The summed E-state index contributed by atoms with van der Waals surface area (Å²) in [5, 5.41) is 2.51. The minimum absolute atomic E-state index is 0.148. The highest BCUT2D eigenvalue weighted by molar-refractivity contribution is 5.94. The molecule has 0 saturated heterocycles. The molecule has 6 nitrogen and oxygen atoms in total. The van der Waals surface area contributed by atoms with E-state index in [0.29, 0.717) is 5.75 Å². The molecular formula is C17H15F3N2O4. The summed E-state index contributed by atoms with van der Waals surface area (Å²) in [6.07, 6.45) is -4.82. The van der Waals surface area contributed by atoms with Crippen LogP contribution in [0.4, 0.5) is 13.2 Å². The highest BCUT2D eigenvalue weighted by atomic mass is 19.4. The molecule has 0 heterocycles. The summed E-state index contributed by atoms with van der Waals surface area (Å²) >= 11 is 0. The molecule has 0 aromatic heterocycles. The maximum atomic E-state index is 12.4. The molecule has 0 unspecified atom stereocenters. The molecule has 0 atom stereocenters. The molecule has 0 bridgehead atoms. The van der Waals surface area contributed by atoms with Crippen molar-refractivity contribution in [2.24, 2.45) is 5.73 Å². The second kappa shape index (κ2) is 8.24. The van der Waals surface area contributed by atoms with E-state index >= 15 is 0 Å². The van der Waals surface area contributed by atoms with Crippen molar-refractivity contribution in [1.82, 2.24) is 5.32 Å². The Morgan fingerprint density at radius 1 is 1.04 bits per heavy atom. The molecule has 9 heteroatoms. The minimum Gasteiger partial charge on any atom is -0.484 e. The second-order valence-electron chi connectivity index (χ2n) is 5.12. The van der Waals surface area contributed by atoms with Crippen LogP contribution in [-0.4, -0.2) is 24.8 Å². The Morgan fingerprint density at radius 2 is 1.69 bits per heavy atom. The minimum atomic E-state index is -4.82. The van der Waals surface area contributed by atoms with Gasteiger partial charge in [0.1, 0.15) is 11.5 Å². The normalized spacial score (nSPS) is 10.9. The summed E-state index contributed by atoms with van der Waals surface area (Å²) in [7, 11) is 0. The number of hydrogen-bond donors (Lipinski definition) is 2. The summed E-state index contributed by atoms with van der Waals surface area (Å²) in [5.74, 6) is -1.15. The van der Waals surface area contributed by atoms with Crippen LogP contribution < -0.4 is 20.5 Å². The molecule has 138 valence electrons. The number of hydrogen-bond acceptors (Lipinski definition) is 4. The molecule has 0 aliphatic carbocycles. The van der Waals surface area contributed by atoms with E-state index in [1.807, 2.05) is 0 Å². The number of carbonyl (C=O) groups excluding carboxylic acids is 2. The molecule has 2 aromatic rings. The molecule has 0 aliphatic heterocycles. The first-order valence-electron chi connectivity index (χ1n) is 7.37. The summed E-state index contributed by atoms with van der Waals surface area (Å²) in [4.78, 5) is 22.7. The van der Waals surface area contributed by atoms with Gasteiger partial charge in [-0.2, -0.15) is 0 Å². The molecule has 0 fully saturated rings. The number of ether oxygens (including phenoxy) is 2. The van der Waals surface area contributed by atoms with E-state index in [9.17, 15) is 22.8 Å². The Balaban J connectivity index is 1.97. The smallest absolute Gasteiger partial charge is 0.484 e. The Morgan fingerprint density at radius 3 is 2.31 bits per heavy atom. The topological polar surface area (TPSA) is 90.7 Å². The number of carbonyl (C=O) groups is 2. The Bertz CT molecular complexity index is 776. The number of nitrogens with one attached hydrogen (secondary N) is 1. The third kappa shape index (κ3) is 6.00. The number of nitrogens with two attached hydrogens (primary N) is 1. The average molecular weight is 368 g/mol. The van der Waals surface area contributed by atoms with Crippen molar-refractivity contribution in [3.63, 3.8) is 0 Å². The predicted molar refractivity (Wildman–Crippen MR) is 85.4 cm³/mol. The van der Waals surface area contributed by atoms with E-state index in [2.05, 4.69) is 10.1 Å². The first kappa shape index (κ1) is 19.1. The second-order valence-corrected chi connectivity index (χ2v) is 5.12. The monoisotopic (exact) mass is 368 g/mol. The van der Waals surface area contributed by atoms with E-state index < -0.39 is 18.2 Å². The van der Waals surface area contributed by atoms with Gasteiger partial charge in [0.2, 0.25) is 0 Å². The quantitative estimate of drug-likeness (QED) is 0.785. The van der Waals surface area contributed by atoms with Crippen molar-refractivity contribution in [3.8, 4) is 11.5 Å². The molecule has 0 radical (unpaired) electrons. The third-order valence-electron chi connectivity index (χ3n) is 3.14. The summed E-state index contributed by atoms with van der Waals surface area (Å²) in [6, 6.07) is 11.4. The van der Waals surface area contributed by atoms with Crippen LogP contribution in [0.3, 0.4) is 0 Å². The lowest BCUT2D eigenvalue weighted by molar-refractivity contribution is -0.274. The van der Waals surface area contributed by atoms with Gasteiger partial charge < -0.3 is 20.5 Å². The number of amides is 2. The first-order valence-corrected chi connectivity index (χ1v) is 7.37. The standard InChI is InChI=1S/C17H15F3N2O4/c18-17(19,20)26-14-4-2-1-3-12(14)9-22-16(24)11-5-7-13(8-6-11)25-10-15(21)23/h1-8H,9-10H2,(H2,21,23)(H,22,24). The van der Waals surface area contributed by atoms with Crippen molar-refractivity contribution in [2.45, 2.75) is 12.9 Å². The maximum Gasteiger partial charge on any atom is 0.573 e. The summed E-state index contributed by atoms with van der Waals surface area (Å²) in [6.45, 7) is -0.438. The highest BCUT2D eigenvalue weighted by Gasteiger charge is 2.31. The lowest BCUT2D eigenvalue weighted by Gasteiger charge is -2.13. The van der Waals surface area contributed by atoms with Crippen molar-refractivity contribution in [1.29, 1.82) is 0 Å². The van der Waals surface area contributed by atoms with Crippen LogP contribution in [0.15, 0.2) is 48.5 Å². The number of para-hydroxylation sites is 1. The van der Waals surface area contributed by atoms with Gasteiger partial charge in [-0.1, -0.05) is 18.2 Å². The summed E-state index contributed by atoms with van der Waals surface area (Å²) in [5.41, 5.74) is 5.40. The van der Waals surface area contributed by atoms with Crippen molar-refractivity contribution < 1.29 is 32.2 Å². The van der Waals surface area contributed by atoms with Crippen molar-refractivity contribution >= 4 is 11.8 Å². The zero-order chi connectivity index (χ0) is 19.2. The molecular weight excluding hydrogens is 353 g/mol. The van der Waals surface area contributed by atoms with E-state index in [1.165, 1.54) is 48.5 Å². The molecule has 2 rings (SSSR count). The maximum absolute atomic E-state index is 12.4. The fourth-order valence-corrected chi connectivity index (χ4v) is 2.01. The molecule has 3 N–H and O–H groups in total. The Hall–Kier alpha value is -3.23. The number of benzene rings is 2. The summed E-state index contributed by atoms with van der Waals surface area (Å²) < 4.78 is 46.1. The van der Waals surface area contributed by atoms with Gasteiger partial charge in [0.05, 0.1) is 0 Å². The van der Waals surface area contributed by atoms with Crippen LogP contribution in [0.1, 0.15) is 15.9 Å². The van der Waals surface area contributed by atoms with E-state index in [1.54, 1.807) is 0 Å². The third-order valence-corrected chi connectivity index (χ3v) is 3.14. The Labute approximate surface area is 146 Å². The zero-order valence-electron chi connectivity index (χ0n) is 13.4. The van der Waals surface area contributed by atoms with Crippen LogP contribution in [0.2, 0.25) is 0 Å². The SMILES string of the molecule is NC(=O)COc1ccc(C(=O)NCc2ccccc2OC(F)(F)F)cc1. The van der Waals surface area contributed by atoms with Crippen LogP contribution >= 0.6 is 0 Å². The van der Waals surface area contributed by atoms with E-state index in [0.717, 1.165) is 0 Å². The lowest BCUT2D eigenvalue weighted by Crippen LogP contribution is -2.24. The average Bonchev–Trinajstić information content (AvgIpc) is 2.58. The number of primary amides is 1. The van der Waals surface area contributed by atoms with Gasteiger partial charge >= 0.3 is 6.36 Å². The lowest BCUT2D eigenvalue weighted by atomic mass is 10.1. The van der Waals surface area contributed by atoms with Crippen LogP contribution in [0, 0.1) is 0 Å². The molecule has 0 aliphatic rings. The zero-order valence-corrected chi connectivity index (χ0v) is 13.4. The predicted octanol–water partition coefficient (Wildman–Crippen LogP) is 2.38. The van der Waals surface area contributed by atoms with E-state index in [-0.39, 0.29) is 30.0 Å². The van der Waals surface area contributed by atoms with Crippen molar-refractivity contribution in [3.05, 3.63) is 59.7 Å². The largest absolute Gasteiger partial charge is 0.573 e. The van der Waals surface area contributed by atoms with Gasteiger partial charge in [0.25, 0.3) is 11.8 Å². The molecule has 0 saturated carbocycles. The Kier molecular flexibility index (Phi) is 6.05. The number of halogens is 3. The molecule has 0 spiro atoms. The molecule has 26 heavy (non-hydrogen) atoms. The number of alkyl halides is 3. The van der Waals surface area contributed by atoms with Crippen LogP contribution in [0.25, 0.3) is 0 Å². The van der Waals surface area contributed by atoms with Gasteiger partial charge in [0, 0.05) is 17.7 Å². The molecule has 2 amide bonds. The van der Waals surface area contributed by atoms with Crippen LogP contribution in [0.5, 0.6) is 11.5 Å². The molecule has 2 aromatic carbocycles. The van der Waals surface area contributed by atoms with Gasteiger partial charge in [-0.3, -0.25) is 9.59 Å². The van der Waals surface area contributed by atoms with Gasteiger partial charge in [-0.15, -0.1) is 13.2 Å². The first-order chi connectivity index (χ1) is 12.2. The number of rotatable bonds is 7. The van der Waals surface area contributed by atoms with Crippen molar-refractivity contribution in [2.75, 3.05) is 6.61 Å². The van der Waals surface area contributed by atoms with Gasteiger partial charge in [0.15, 0.2) is 6.61 Å².